The third-order valence-corrected chi connectivity index (χ3v) is 4.35. The van der Waals surface area contributed by atoms with Crippen molar-refractivity contribution in [3.8, 4) is 0 Å². The van der Waals surface area contributed by atoms with Gasteiger partial charge in [0.2, 0.25) is 0 Å². The number of rotatable bonds is 2. The molecular weight excluding hydrogens is 414 g/mol. The van der Waals surface area contributed by atoms with Crippen LogP contribution < -0.4 is 16.2 Å². The highest BCUT2D eigenvalue weighted by Crippen LogP contribution is 2.15. The van der Waals surface area contributed by atoms with Crippen LogP contribution in [0.5, 0.6) is 0 Å². The number of pyridine rings is 2. The van der Waals surface area contributed by atoms with Gasteiger partial charge in [-0.25, -0.2) is 9.78 Å². The standard InChI is InChI=1S/C11H10BrN3O.C7H14N2O2/c1-15-7-8(12)6-9(11(15)16)14-10-4-2-3-5-13-10;1-7(2)5-9(6(10)11)4-3-8-7/h2-7H,1H3,(H,13,14);8H,3-5H2,1-2H3,(H,10,11). The predicted octanol–water partition coefficient (Wildman–Crippen LogP) is 2.63. The van der Waals surface area contributed by atoms with Gasteiger partial charge in [0.05, 0.1) is 0 Å². The summed E-state index contributed by atoms with van der Waals surface area (Å²) in [5.74, 6) is 0.651. The Labute approximate surface area is 166 Å². The number of aromatic nitrogens is 2. The van der Waals surface area contributed by atoms with E-state index in [1.807, 2.05) is 26.0 Å². The molecule has 1 saturated heterocycles. The summed E-state index contributed by atoms with van der Waals surface area (Å²) in [5.41, 5.74) is 0.334. The van der Waals surface area contributed by atoms with Gasteiger partial charge in [-0.3, -0.25) is 4.79 Å². The number of nitrogens with zero attached hydrogens (tertiary/aromatic N) is 3. The zero-order valence-electron chi connectivity index (χ0n) is 15.6. The molecule has 9 heteroatoms. The van der Waals surface area contributed by atoms with E-state index in [1.54, 1.807) is 31.6 Å². The summed E-state index contributed by atoms with van der Waals surface area (Å²) in [6.45, 7) is 5.92. The van der Waals surface area contributed by atoms with Gasteiger partial charge in [0, 0.05) is 49.1 Å². The molecule has 1 aliphatic rings. The monoisotopic (exact) mass is 437 g/mol. The van der Waals surface area contributed by atoms with Gasteiger partial charge in [0.1, 0.15) is 11.5 Å². The van der Waals surface area contributed by atoms with Gasteiger partial charge in [-0.05, 0) is 48.0 Å². The maximum atomic E-state index is 11.8. The molecule has 0 spiro atoms. The molecule has 146 valence electrons. The number of anilines is 2. The molecular formula is C18H24BrN5O3. The molecule has 0 bridgehead atoms. The van der Waals surface area contributed by atoms with Crippen LogP contribution in [0.2, 0.25) is 0 Å². The quantitative estimate of drug-likeness (QED) is 0.667. The van der Waals surface area contributed by atoms with Gasteiger partial charge < -0.3 is 25.2 Å². The molecule has 3 N–H and O–H groups in total. The Bertz CT molecular complexity index is 839. The number of amides is 1. The van der Waals surface area contributed by atoms with E-state index in [2.05, 4.69) is 31.5 Å². The maximum absolute atomic E-state index is 11.8. The van der Waals surface area contributed by atoms with Gasteiger partial charge in [-0.15, -0.1) is 0 Å². The van der Waals surface area contributed by atoms with Crippen molar-refractivity contribution in [2.24, 2.45) is 7.05 Å². The van der Waals surface area contributed by atoms with Gasteiger partial charge in [0.15, 0.2) is 0 Å². The normalized spacial score (nSPS) is 15.5. The lowest BCUT2D eigenvalue weighted by molar-refractivity contribution is 0.113. The highest BCUT2D eigenvalue weighted by molar-refractivity contribution is 9.10. The molecule has 1 fully saturated rings. The first-order valence-corrected chi connectivity index (χ1v) is 9.24. The van der Waals surface area contributed by atoms with Crippen LogP contribution in [0.3, 0.4) is 0 Å². The van der Waals surface area contributed by atoms with Crippen molar-refractivity contribution < 1.29 is 9.90 Å². The van der Waals surface area contributed by atoms with Crippen LogP contribution in [0.1, 0.15) is 13.8 Å². The average Bonchev–Trinajstić information content (AvgIpc) is 2.60. The van der Waals surface area contributed by atoms with Crippen LogP contribution in [0.15, 0.2) is 45.9 Å². The lowest BCUT2D eigenvalue weighted by Gasteiger charge is -2.37. The molecule has 2 aromatic rings. The van der Waals surface area contributed by atoms with Crippen LogP contribution in [0.25, 0.3) is 0 Å². The molecule has 1 amide bonds. The van der Waals surface area contributed by atoms with Crippen molar-refractivity contribution in [2.75, 3.05) is 25.0 Å². The van der Waals surface area contributed by atoms with Crippen molar-refractivity contribution in [3.63, 3.8) is 0 Å². The zero-order chi connectivity index (χ0) is 20.0. The molecule has 0 radical (unpaired) electrons. The Hall–Kier alpha value is -2.39. The summed E-state index contributed by atoms with van der Waals surface area (Å²) >= 11 is 3.34. The fourth-order valence-electron chi connectivity index (χ4n) is 2.64. The molecule has 0 saturated carbocycles. The van der Waals surface area contributed by atoms with Gasteiger partial charge in [-0.2, -0.15) is 0 Å². The van der Waals surface area contributed by atoms with Crippen molar-refractivity contribution in [3.05, 3.63) is 51.5 Å². The summed E-state index contributed by atoms with van der Waals surface area (Å²) in [4.78, 5) is 27.9. The van der Waals surface area contributed by atoms with E-state index in [4.69, 9.17) is 5.11 Å². The Morgan fingerprint density at radius 3 is 2.70 bits per heavy atom. The number of halogens is 1. The fraction of sp³-hybridized carbons (Fsp3) is 0.389. The van der Waals surface area contributed by atoms with Crippen molar-refractivity contribution in [1.82, 2.24) is 19.8 Å². The molecule has 0 aliphatic carbocycles. The van der Waals surface area contributed by atoms with Gasteiger partial charge in [0.25, 0.3) is 5.56 Å². The number of piperazine rings is 1. The minimum atomic E-state index is -0.820. The van der Waals surface area contributed by atoms with Crippen LogP contribution >= 0.6 is 15.9 Å². The summed E-state index contributed by atoms with van der Waals surface area (Å²) < 4.78 is 2.35. The zero-order valence-corrected chi connectivity index (χ0v) is 17.2. The van der Waals surface area contributed by atoms with E-state index in [-0.39, 0.29) is 11.1 Å². The molecule has 0 atom stereocenters. The number of nitrogens with one attached hydrogen (secondary N) is 2. The van der Waals surface area contributed by atoms with E-state index in [9.17, 15) is 9.59 Å². The second kappa shape index (κ2) is 9.01. The first kappa shape index (κ1) is 20.9. The Balaban J connectivity index is 0.000000208. The van der Waals surface area contributed by atoms with E-state index in [0.29, 0.717) is 24.6 Å². The summed E-state index contributed by atoms with van der Waals surface area (Å²) in [6, 6.07) is 7.22. The van der Waals surface area contributed by atoms with Crippen molar-refractivity contribution in [2.45, 2.75) is 19.4 Å². The molecule has 27 heavy (non-hydrogen) atoms. The lowest BCUT2D eigenvalue weighted by atomic mass is 10.0. The highest BCUT2D eigenvalue weighted by Gasteiger charge is 2.27. The predicted molar refractivity (Wildman–Crippen MR) is 109 cm³/mol. The van der Waals surface area contributed by atoms with Crippen LogP contribution in [0, 0.1) is 0 Å². The third kappa shape index (κ3) is 6.37. The number of hydrogen-bond donors (Lipinski definition) is 3. The topological polar surface area (TPSA) is 99.5 Å². The fourth-order valence-corrected chi connectivity index (χ4v) is 3.18. The minimum Gasteiger partial charge on any atom is -0.465 e. The molecule has 1 aliphatic heterocycles. The molecule has 0 unspecified atom stereocenters. The molecule has 3 rings (SSSR count). The summed E-state index contributed by atoms with van der Waals surface area (Å²) in [6.07, 6.45) is 2.57. The Morgan fingerprint density at radius 2 is 2.15 bits per heavy atom. The van der Waals surface area contributed by atoms with E-state index >= 15 is 0 Å². The molecule has 2 aromatic heterocycles. The van der Waals surface area contributed by atoms with E-state index in [1.165, 1.54) is 9.47 Å². The van der Waals surface area contributed by atoms with Gasteiger partial charge >= 0.3 is 6.09 Å². The van der Waals surface area contributed by atoms with Crippen LogP contribution in [-0.2, 0) is 7.05 Å². The van der Waals surface area contributed by atoms with Gasteiger partial charge in [-0.1, -0.05) is 6.07 Å². The second-order valence-electron chi connectivity index (χ2n) is 6.84. The maximum Gasteiger partial charge on any atom is 0.407 e. The summed E-state index contributed by atoms with van der Waals surface area (Å²) in [7, 11) is 1.71. The summed E-state index contributed by atoms with van der Waals surface area (Å²) in [5, 5.41) is 14.9. The second-order valence-corrected chi connectivity index (χ2v) is 7.76. The van der Waals surface area contributed by atoms with Crippen LogP contribution in [-0.4, -0.2) is 50.8 Å². The SMILES string of the molecule is CC1(C)CN(C(=O)O)CCN1.Cn1cc(Br)cc(Nc2ccccn2)c1=O. The Morgan fingerprint density at radius 1 is 1.41 bits per heavy atom. The molecule has 3 heterocycles. The lowest BCUT2D eigenvalue weighted by Crippen LogP contribution is -2.58. The number of carbonyl (C=O) groups is 1. The van der Waals surface area contributed by atoms with Crippen molar-refractivity contribution >= 4 is 33.5 Å². The highest BCUT2D eigenvalue weighted by atomic mass is 79.9. The Kier molecular flexibility index (Phi) is 6.98. The number of carboxylic acid groups (broad SMARTS) is 1. The number of aryl methyl sites for hydroxylation is 1. The molecule has 0 aromatic carbocycles. The minimum absolute atomic E-state index is 0.0728. The first-order chi connectivity index (χ1) is 12.7. The van der Waals surface area contributed by atoms with Crippen LogP contribution in [0.4, 0.5) is 16.3 Å². The van der Waals surface area contributed by atoms with E-state index in [0.717, 1.165) is 11.0 Å². The van der Waals surface area contributed by atoms with E-state index < -0.39 is 6.09 Å². The largest absolute Gasteiger partial charge is 0.465 e. The smallest absolute Gasteiger partial charge is 0.407 e. The molecule has 8 nitrogen and oxygen atoms in total. The first-order valence-electron chi connectivity index (χ1n) is 8.45. The third-order valence-electron chi connectivity index (χ3n) is 3.92. The average molecular weight is 438 g/mol. The number of hydrogen-bond acceptors (Lipinski definition) is 5. The van der Waals surface area contributed by atoms with Crippen molar-refractivity contribution in [1.29, 1.82) is 0 Å².